The van der Waals surface area contributed by atoms with E-state index in [2.05, 4.69) is 32.8 Å². The first-order chi connectivity index (χ1) is 11.3. The summed E-state index contributed by atoms with van der Waals surface area (Å²) in [6.45, 7) is 3.92. The van der Waals surface area contributed by atoms with Crippen molar-refractivity contribution in [2.24, 2.45) is 0 Å². The number of benzene rings is 1. The second-order valence-electron chi connectivity index (χ2n) is 5.83. The molecule has 1 aliphatic rings. The molecule has 1 aromatic carbocycles. The molecular weight excluding hydrogens is 286 g/mol. The van der Waals surface area contributed by atoms with Gasteiger partial charge in [0.05, 0.1) is 5.52 Å². The van der Waals surface area contributed by atoms with Crippen LogP contribution in [0.4, 0.5) is 5.82 Å². The van der Waals surface area contributed by atoms with Gasteiger partial charge in [0.2, 0.25) is 0 Å². The zero-order chi connectivity index (χ0) is 15.6. The van der Waals surface area contributed by atoms with Crippen LogP contribution < -0.4 is 15.6 Å². The van der Waals surface area contributed by atoms with Gasteiger partial charge in [0.1, 0.15) is 5.82 Å². The van der Waals surface area contributed by atoms with Crippen molar-refractivity contribution in [3.05, 3.63) is 71.0 Å². The number of piperazine rings is 1. The van der Waals surface area contributed by atoms with E-state index in [1.54, 1.807) is 12.1 Å². The molecule has 3 aromatic rings. The van der Waals surface area contributed by atoms with Crippen LogP contribution in [-0.4, -0.2) is 30.6 Å². The summed E-state index contributed by atoms with van der Waals surface area (Å²) in [7, 11) is 0. The number of nitrogens with one attached hydrogen (secondary N) is 1. The standard InChI is InChI=1S/C19H19N3O/c23-16-6-7-18-17(15-4-2-1-3-5-15)14-19(22(18)11-8-16)21-12-9-20-10-13-21/h1-8,11,14,20H,9-10,12-13H2. The third-order valence-electron chi connectivity index (χ3n) is 4.37. The van der Waals surface area contributed by atoms with Crippen molar-refractivity contribution in [3.8, 4) is 11.1 Å². The van der Waals surface area contributed by atoms with Crippen molar-refractivity contribution >= 4 is 11.3 Å². The van der Waals surface area contributed by atoms with Crippen LogP contribution in [0, 0.1) is 0 Å². The number of anilines is 1. The van der Waals surface area contributed by atoms with Gasteiger partial charge in [0, 0.05) is 44.0 Å². The van der Waals surface area contributed by atoms with Crippen LogP contribution >= 0.6 is 0 Å². The van der Waals surface area contributed by atoms with Gasteiger partial charge in [0.25, 0.3) is 0 Å². The first kappa shape index (κ1) is 14.0. The predicted molar refractivity (Wildman–Crippen MR) is 94.2 cm³/mol. The summed E-state index contributed by atoms with van der Waals surface area (Å²) < 4.78 is 2.13. The fraction of sp³-hybridized carbons (Fsp3) is 0.211. The minimum atomic E-state index is 0.0268. The van der Waals surface area contributed by atoms with Crippen molar-refractivity contribution in [1.29, 1.82) is 0 Å². The van der Waals surface area contributed by atoms with Crippen molar-refractivity contribution in [2.45, 2.75) is 0 Å². The first-order valence-corrected chi connectivity index (χ1v) is 7.99. The highest BCUT2D eigenvalue weighted by Crippen LogP contribution is 2.31. The average molecular weight is 305 g/mol. The normalized spacial score (nSPS) is 15.0. The molecule has 2 aromatic heterocycles. The Balaban J connectivity index is 1.96. The second kappa shape index (κ2) is 5.89. The molecule has 0 radical (unpaired) electrons. The SMILES string of the molecule is O=c1ccc2c(-c3ccccc3)cc(N3CCNCC3)n2cc1. The van der Waals surface area contributed by atoms with Gasteiger partial charge < -0.3 is 14.6 Å². The Morgan fingerprint density at radius 2 is 1.70 bits per heavy atom. The minimum Gasteiger partial charge on any atom is -0.355 e. The lowest BCUT2D eigenvalue weighted by atomic mass is 10.1. The molecular formula is C19H19N3O. The summed E-state index contributed by atoms with van der Waals surface area (Å²) >= 11 is 0. The molecule has 1 aliphatic heterocycles. The predicted octanol–water partition coefficient (Wildman–Crippen LogP) is 2.38. The van der Waals surface area contributed by atoms with E-state index in [9.17, 15) is 4.79 Å². The van der Waals surface area contributed by atoms with Gasteiger partial charge in [-0.25, -0.2) is 0 Å². The van der Waals surface area contributed by atoms with E-state index in [1.807, 2.05) is 30.5 Å². The second-order valence-corrected chi connectivity index (χ2v) is 5.83. The molecule has 0 unspecified atom stereocenters. The van der Waals surface area contributed by atoms with Crippen LogP contribution in [0.3, 0.4) is 0 Å². The van der Waals surface area contributed by atoms with Crippen LogP contribution in [0.15, 0.2) is 65.6 Å². The van der Waals surface area contributed by atoms with E-state index in [1.165, 1.54) is 5.56 Å². The molecule has 1 saturated heterocycles. The lowest BCUT2D eigenvalue weighted by Gasteiger charge is -2.28. The highest BCUT2D eigenvalue weighted by Gasteiger charge is 2.17. The van der Waals surface area contributed by atoms with Crippen LogP contribution in [0.25, 0.3) is 16.6 Å². The van der Waals surface area contributed by atoms with Crippen molar-refractivity contribution in [1.82, 2.24) is 9.72 Å². The molecule has 0 atom stereocenters. The molecule has 4 nitrogen and oxygen atoms in total. The zero-order valence-corrected chi connectivity index (χ0v) is 12.9. The van der Waals surface area contributed by atoms with E-state index in [0.29, 0.717) is 0 Å². The molecule has 0 bridgehead atoms. The zero-order valence-electron chi connectivity index (χ0n) is 12.9. The fourth-order valence-electron chi connectivity index (χ4n) is 3.20. The highest BCUT2D eigenvalue weighted by atomic mass is 16.1. The van der Waals surface area contributed by atoms with Crippen molar-refractivity contribution in [3.63, 3.8) is 0 Å². The molecule has 116 valence electrons. The monoisotopic (exact) mass is 305 g/mol. The van der Waals surface area contributed by atoms with Gasteiger partial charge >= 0.3 is 0 Å². The number of nitrogens with zero attached hydrogens (tertiary/aromatic N) is 2. The summed E-state index contributed by atoms with van der Waals surface area (Å²) in [5, 5.41) is 3.39. The molecule has 0 spiro atoms. The Morgan fingerprint density at radius 3 is 2.48 bits per heavy atom. The van der Waals surface area contributed by atoms with Gasteiger partial charge in [0.15, 0.2) is 5.43 Å². The number of rotatable bonds is 2. The summed E-state index contributed by atoms with van der Waals surface area (Å²) in [6, 6.07) is 17.8. The molecule has 23 heavy (non-hydrogen) atoms. The van der Waals surface area contributed by atoms with Crippen LogP contribution in [0.1, 0.15) is 0 Å². The number of aromatic nitrogens is 1. The molecule has 1 N–H and O–H groups in total. The quantitative estimate of drug-likeness (QED) is 0.790. The first-order valence-electron chi connectivity index (χ1n) is 7.99. The average Bonchev–Trinajstić information content (AvgIpc) is 2.87. The Labute approximate surface area is 135 Å². The molecule has 3 heterocycles. The molecule has 0 aliphatic carbocycles. The van der Waals surface area contributed by atoms with E-state index >= 15 is 0 Å². The topological polar surface area (TPSA) is 36.8 Å². The van der Waals surface area contributed by atoms with E-state index in [-0.39, 0.29) is 5.43 Å². The third kappa shape index (κ3) is 2.62. The molecule has 0 amide bonds. The Kier molecular flexibility index (Phi) is 3.60. The third-order valence-corrected chi connectivity index (χ3v) is 4.37. The van der Waals surface area contributed by atoms with Gasteiger partial charge in [-0.15, -0.1) is 0 Å². The molecule has 0 saturated carbocycles. The lowest BCUT2D eigenvalue weighted by Crippen LogP contribution is -2.43. The summed E-state index contributed by atoms with van der Waals surface area (Å²) in [5.41, 5.74) is 3.42. The molecule has 1 fully saturated rings. The number of hydrogen-bond acceptors (Lipinski definition) is 3. The number of hydrogen-bond donors (Lipinski definition) is 1. The Morgan fingerprint density at radius 1 is 0.913 bits per heavy atom. The Bertz CT molecular complexity index is 880. The lowest BCUT2D eigenvalue weighted by molar-refractivity contribution is 0.584. The summed E-state index contributed by atoms with van der Waals surface area (Å²) in [5.74, 6) is 1.15. The van der Waals surface area contributed by atoms with Crippen LogP contribution in [-0.2, 0) is 0 Å². The number of fused-ring (bicyclic) bond motifs is 1. The van der Waals surface area contributed by atoms with Gasteiger partial charge in [-0.1, -0.05) is 30.3 Å². The highest BCUT2D eigenvalue weighted by molar-refractivity contribution is 5.85. The Hall–Kier alpha value is -2.59. The van der Waals surface area contributed by atoms with Gasteiger partial charge in [-0.3, -0.25) is 4.79 Å². The summed E-state index contributed by atoms with van der Waals surface area (Å²) in [4.78, 5) is 14.1. The van der Waals surface area contributed by atoms with Gasteiger partial charge in [-0.05, 0) is 23.8 Å². The molecule has 4 rings (SSSR count). The smallest absolute Gasteiger partial charge is 0.180 e. The maximum Gasteiger partial charge on any atom is 0.180 e. The van der Waals surface area contributed by atoms with E-state index in [4.69, 9.17) is 0 Å². The van der Waals surface area contributed by atoms with Crippen LogP contribution in [0.5, 0.6) is 0 Å². The van der Waals surface area contributed by atoms with E-state index in [0.717, 1.165) is 43.1 Å². The summed E-state index contributed by atoms with van der Waals surface area (Å²) in [6.07, 6.45) is 1.89. The molecule has 4 heteroatoms. The van der Waals surface area contributed by atoms with Crippen LogP contribution in [0.2, 0.25) is 0 Å². The fourth-order valence-corrected chi connectivity index (χ4v) is 3.20. The maximum absolute atomic E-state index is 11.8. The largest absolute Gasteiger partial charge is 0.355 e. The van der Waals surface area contributed by atoms with E-state index < -0.39 is 0 Å². The minimum absolute atomic E-state index is 0.0268. The van der Waals surface area contributed by atoms with Gasteiger partial charge in [-0.2, -0.15) is 0 Å². The van der Waals surface area contributed by atoms with Crippen molar-refractivity contribution in [2.75, 3.05) is 31.1 Å². The maximum atomic E-state index is 11.8. The van der Waals surface area contributed by atoms with Crippen molar-refractivity contribution < 1.29 is 0 Å².